The normalized spacial score (nSPS) is 11.5. The first-order chi connectivity index (χ1) is 11.4. The second-order valence-corrected chi connectivity index (χ2v) is 6.50. The van der Waals surface area contributed by atoms with Crippen LogP contribution in [0.3, 0.4) is 0 Å². The molecule has 0 bridgehead atoms. The second-order valence-electron chi connectivity index (χ2n) is 4.73. The van der Waals surface area contributed by atoms with Crippen LogP contribution in [0.4, 0.5) is 8.78 Å². The molecule has 0 saturated carbocycles. The van der Waals surface area contributed by atoms with Crippen LogP contribution in [0.5, 0.6) is 6.01 Å². The fraction of sp³-hybridized carbons (Fsp3) is 0.0667. The summed E-state index contributed by atoms with van der Waals surface area (Å²) in [7, 11) is -2.89. The van der Waals surface area contributed by atoms with Crippen LogP contribution in [0, 0.1) is 11.6 Å². The number of hydrogen-bond donors (Lipinski definition) is 0. The van der Waals surface area contributed by atoms with E-state index < -0.39 is 21.7 Å². The van der Waals surface area contributed by atoms with Crippen molar-refractivity contribution in [2.75, 3.05) is 7.11 Å². The maximum absolute atomic E-state index is 13.5. The second kappa shape index (κ2) is 6.00. The average molecular weight is 351 g/mol. The van der Waals surface area contributed by atoms with Gasteiger partial charge in [0.05, 0.1) is 12.0 Å². The molecule has 0 aliphatic heterocycles. The third-order valence-corrected chi connectivity index (χ3v) is 4.74. The van der Waals surface area contributed by atoms with Crippen molar-refractivity contribution in [1.82, 2.24) is 14.2 Å². The van der Waals surface area contributed by atoms with Crippen LogP contribution in [0.1, 0.15) is 0 Å². The van der Waals surface area contributed by atoms with E-state index in [2.05, 4.69) is 10.1 Å². The van der Waals surface area contributed by atoms with Crippen molar-refractivity contribution in [1.29, 1.82) is 0 Å². The topological polar surface area (TPSA) is 74.1 Å². The quantitative estimate of drug-likeness (QED) is 0.722. The molecule has 0 aliphatic carbocycles. The van der Waals surface area contributed by atoms with Crippen LogP contribution >= 0.6 is 0 Å². The highest BCUT2D eigenvalue weighted by Gasteiger charge is 2.25. The Labute approximate surface area is 136 Å². The molecule has 0 amide bonds. The molecule has 3 aromatic rings. The number of ether oxygens (including phenoxy) is 1. The lowest BCUT2D eigenvalue weighted by molar-refractivity contribution is 0.380. The highest BCUT2D eigenvalue weighted by Crippen LogP contribution is 2.25. The smallest absolute Gasteiger partial charge is 0.336 e. The highest BCUT2D eigenvalue weighted by molar-refractivity contribution is 7.90. The summed E-state index contributed by atoms with van der Waals surface area (Å²) in [5.41, 5.74) is 0.205. The van der Waals surface area contributed by atoms with E-state index in [0.29, 0.717) is 4.09 Å². The molecule has 1 aromatic heterocycles. The van der Waals surface area contributed by atoms with Gasteiger partial charge in [0.1, 0.15) is 11.6 Å². The number of hydrogen-bond acceptors (Lipinski definition) is 5. The predicted molar refractivity (Wildman–Crippen MR) is 81.0 cm³/mol. The van der Waals surface area contributed by atoms with Gasteiger partial charge in [0.2, 0.25) is 0 Å². The van der Waals surface area contributed by atoms with E-state index in [9.17, 15) is 17.2 Å². The Bertz CT molecular complexity index is 985. The molecule has 0 saturated heterocycles. The predicted octanol–water partition coefficient (Wildman–Crippen LogP) is 2.47. The Morgan fingerprint density at radius 2 is 1.75 bits per heavy atom. The lowest BCUT2D eigenvalue weighted by Crippen LogP contribution is -2.16. The molecule has 0 atom stereocenters. The van der Waals surface area contributed by atoms with Gasteiger partial charge in [-0.25, -0.2) is 8.78 Å². The zero-order valence-electron chi connectivity index (χ0n) is 12.3. The Morgan fingerprint density at radius 3 is 2.38 bits per heavy atom. The molecule has 0 unspecified atom stereocenters. The van der Waals surface area contributed by atoms with E-state index in [1.807, 2.05) is 0 Å². The molecular weight excluding hydrogens is 340 g/mol. The van der Waals surface area contributed by atoms with Gasteiger partial charge in [-0.2, -0.15) is 13.4 Å². The highest BCUT2D eigenvalue weighted by atomic mass is 32.2. The van der Waals surface area contributed by atoms with E-state index >= 15 is 0 Å². The van der Waals surface area contributed by atoms with Crippen LogP contribution in [0.15, 0.2) is 53.4 Å². The molecule has 24 heavy (non-hydrogen) atoms. The van der Waals surface area contributed by atoms with Gasteiger partial charge >= 0.3 is 6.01 Å². The van der Waals surface area contributed by atoms with Crippen LogP contribution in [0.2, 0.25) is 0 Å². The number of methoxy groups -OCH3 is 1. The van der Waals surface area contributed by atoms with Crippen molar-refractivity contribution >= 4 is 10.0 Å². The van der Waals surface area contributed by atoms with E-state index in [1.165, 1.54) is 25.3 Å². The Hall–Kier alpha value is -2.81. The van der Waals surface area contributed by atoms with E-state index in [4.69, 9.17) is 4.74 Å². The van der Waals surface area contributed by atoms with Crippen LogP contribution in [0.25, 0.3) is 11.4 Å². The molecule has 2 aromatic carbocycles. The third-order valence-electron chi connectivity index (χ3n) is 3.16. The summed E-state index contributed by atoms with van der Waals surface area (Å²) in [4.78, 5) is 3.77. The fourth-order valence-corrected chi connectivity index (χ4v) is 3.27. The lowest BCUT2D eigenvalue weighted by Gasteiger charge is -2.07. The van der Waals surface area contributed by atoms with Gasteiger partial charge in [-0.3, -0.25) is 0 Å². The molecule has 0 radical (unpaired) electrons. The summed E-state index contributed by atoms with van der Waals surface area (Å²) in [6.07, 6.45) is 0. The number of nitrogens with zero attached hydrogens (tertiary/aromatic N) is 3. The molecular formula is C15H11F2N3O3S. The van der Waals surface area contributed by atoms with E-state index in [0.717, 1.165) is 30.3 Å². The van der Waals surface area contributed by atoms with Crippen molar-refractivity contribution < 1.29 is 21.9 Å². The standard InChI is InChI=1S/C15H11F2N3O3S/c1-23-15-18-14(10-3-2-4-12(17)9-10)20(19-15)24(21,22)13-7-5-11(16)6-8-13/h2-9H,1H3. The zero-order chi connectivity index (χ0) is 17.3. The monoisotopic (exact) mass is 351 g/mol. The molecule has 1 heterocycles. The number of rotatable bonds is 4. The minimum Gasteiger partial charge on any atom is -0.466 e. The maximum atomic E-state index is 13.5. The first-order valence-electron chi connectivity index (χ1n) is 6.70. The molecule has 0 fully saturated rings. The summed E-state index contributed by atoms with van der Waals surface area (Å²) >= 11 is 0. The van der Waals surface area contributed by atoms with Gasteiger partial charge in [0.25, 0.3) is 10.0 Å². The van der Waals surface area contributed by atoms with Crippen LogP contribution < -0.4 is 4.74 Å². The molecule has 0 spiro atoms. The molecule has 3 rings (SSSR count). The number of aromatic nitrogens is 3. The van der Waals surface area contributed by atoms with Crippen molar-refractivity contribution in [3.63, 3.8) is 0 Å². The summed E-state index contributed by atoms with van der Waals surface area (Å²) < 4.78 is 57.5. The third kappa shape index (κ3) is 2.85. The number of benzene rings is 2. The zero-order valence-corrected chi connectivity index (χ0v) is 13.2. The Kier molecular flexibility index (Phi) is 4.02. The Morgan fingerprint density at radius 1 is 1.04 bits per heavy atom. The van der Waals surface area contributed by atoms with Gasteiger partial charge in [-0.1, -0.05) is 17.2 Å². The van der Waals surface area contributed by atoms with Crippen LogP contribution in [-0.4, -0.2) is 29.7 Å². The lowest BCUT2D eigenvalue weighted by atomic mass is 10.2. The largest absolute Gasteiger partial charge is 0.466 e. The van der Waals surface area contributed by atoms with Crippen molar-refractivity contribution in [2.24, 2.45) is 0 Å². The van der Waals surface area contributed by atoms with Crippen molar-refractivity contribution in [3.05, 3.63) is 60.2 Å². The van der Waals surface area contributed by atoms with Gasteiger partial charge in [0, 0.05) is 5.56 Å². The SMILES string of the molecule is COc1nc(-c2cccc(F)c2)n(S(=O)(=O)c2ccc(F)cc2)n1. The first-order valence-corrected chi connectivity index (χ1v) is 8.14. The van der Waals surface area contributed by atoms with Gasteiger partial charge < -0.3 is 4.74 Å². The number of halogens is 2. The van der Waals surface area contributed by atoms with E-state index in [-0.39, 0.29) is 22.3 Å². The minimum absolute atomic E-state index is 0.115. The van der Waals surface area contributed by atoms with Crippen LogP contribution in [-0.2, 0) is 10.0 Å². The molecule has 0 N–H and O–H groups in total. The van der Waals surface area contributed by atoms with Crippen molar-refractivity contribution in [3.8, 4) is 17.4 Å². The summed E-state index contributed by atoms with van der Waals surface area (Å²) in [5, 5.41) is 3.78. The maximum Gasteiger partial charge on any atom is 0.336 e. The average Bonchev–Trinajstić information content (AvgIpc) is 3.00. The summed E-state index contributed by atoms with van der Waals surface area (Å²) in [6.45, 7) is 0. The molecule has 0 aliphatic rings. The van der Waals surface area contributed by atoms with Gasteiger partial charge in [-0.15, -0.1) is 4.09 Å². The molecule has 6 nitrogen and oxygen atoms in total. The minimum atomic E-state index is -4.16. The summed E-state index contributed by atoms with van der Waals surface area (Å²) in [5.74, 6) is -1.24. The first kappa shape index (κ1) is 16.1. The van der Waals surface area contributed by atoms with Crippen molar-refractivity contribution in [2.45, 2.75) is 4.90 Å². The van der Waals surface area contributed by atoms with Gasteiger partial charge in [-0.05, 0) is 36.4 Å². The Balaban J connectivity index is 2.20. The van der Waals surface area contributed by atoms with Gasteiger partial charge in [0.15, 0.2) is 5.82 Å². The van der Waals surface area contributed by atoms with E-state index in [1.54, 1.807) is 0 Å². The fourth-order valence-electron chi connectivity index (χ4n) is 2.04. The molecule has 124 valence electrons. The molecule has 9 heteroatoms. The summed E-state index contributed by atoms with van der Waals surface area (Å²) in [6, 6.07) is 9.30.